The van der Waals surface area contributed by atoms with Gasteiger partial charge in [0.1, 0.15) is 5.75 Å². The molecule has 1 aliphatic rings. The lowest BCUT2D eigenvalue weighted by atomic mass is 10.2. The quantitative estimate of drug-likeness (QED) is 0.890. The maximum atomic E-state index is 12.3. The van der Waals surface area contributed by atoms with Crippen LogP contribution in [-0.4, -0.2) is 46.8 Å². The minimum absolute atomic E-state index is 0.231. The van der Waals surface area contributed by atoms with Crippen LogP contribution >= 0.6 is 11.6 Å². The van der Waals surface area contributed by atoms with Crippen LogP contribution in [0, 0.1) is 0 Å². The van der Waals surface area contributed by atoms with Crippen LogP contribution in [0.1, 0.15) is 13.8 Å². The minimum atomic E-state index is -1.34. The molecule has 1 aromatic carbocycles. The fourth-order valence-corrected chi connectivity index (χ4v) is 2.47. The van der Waals surface area contributed by atoms with Crippen LogP contribution in [0.2, 0.25) is 5.02 Å². The van der Waals surface area contributed by atoms with Gasteiger partial charge in [-0.15, -0.1) is 0 Å². The first-order valence-corrected chi connectivity index (χ1v) is 6.57. The molecule has 6 nitrogen and oxygen atoms in total. The summed E-state index contributed by atoms with van der Waals surface area (Å²) in [5, 5.41) is 20.3. The summed E-state index contributed by atoms with van der Waals surface area (Å²) in [4.78, 5) is 14.6. The van der Waals surface area contributed by atoms with Gasteiger partial charge in [0.05, 0.1) is 17.8 Å². The van der Waals surface area contributed by atoms with Gasteiger partial charge in [0, 0.05) is 6.04 Å². The van der Waals surface area contributed by atoms with Crippen LogP contribution in [0.5, 0.6) is 5.75 Å². The Balaban J connectivity index is 2.37. The Morgan fingerprint density at radius 1 is 1.30 bits per heavy atom. The summed E-state index contributed by atoms with van der Waals surface area (Å²) in [6.45, 7) is 3.52. The summed E-state index contributed by atoms with van der Waals surface area (Å²) in [6.07, 6.45) is -2.61. The van der Waals surface area contributed by atoms with Crippen LogP contribution in [0.3, 0.4) is 0 Å². The number of carbonyl (C=O) groups excluding carboxylic acids is 1. The Bertz CT molecular complexity index is 523. The Labute approximate surface area is 122 Å². The second kappa shape index (κ2) is 5.47. The molecule has 2 N–H and O–H groups in total. The SMILES string of the molecule is COc1ccc(N2C(=O)N(C(C)C)[C@@H](O)[C@@H]2O)cc1Cl. The van der Waals surface area contributed by atoms with E-state index < -0.39 is 18.5 Å². The number of hydrogen-bond donors (Lipinski definition) is 2. The van der Waals surface area contributed by atoms with Crippen LogP contribution in [0.15, 0.2) is 18.2 Å². The summed E-state index contributed by atoms with van der Waals surface area (Å²) >= 11 is 6.02. The third-order valence-corrected chi connectivity index (χ3v) is 3.51. The Morgan fingerprint density at radius 3 is 2.40 bits per heavy atom. The van der Waals surface area contributed by atoms with Crippen LogP contribution in [-0.2, 0) is 0 Å². The number of rotatable bonds is 3. The lowest BCUT2D eigenvalue weighted by Gasteiger charge is -2.23. The zero-order valence-electron chi connectivity index (χ0n) is 11.4. The highest BCUT2D eigenvalue weighted by molar-refractivity contribution is 6.32. The molecule has 0 aromatic heterocycles. The predicted octanol–water partition coefficient (Wildman–Crippen LogP) is 1.64. The summed E-state index contributed by atoms with van der Waals surface area (Å²) in [5.41, 5.74) is 0.399. The molecule has 1 saturated heterocycles. The summed E-state index contributed by atoms with van der Waals surface area (Å²) in [5.74, 6) is 0.470. The molecule has 1 aliphatic heterocycles. The Hall–Kier alpha value is -1.50. The first-order chi connectivity index (χ1) is 9.38. The Morgan fingerprint density at radius 2 is 1.95 bits per heavy atom. The van der Waals surface area contributed by atoms with Gasteiger partial charge in [-0.1, -0.05) is 11.6 Å². The molecule has 2 rings (SSSR count). The second-order valence-electron chi connectivity index (χ2n) is 4.80. The lowest BCUT2D eigenvalue weighted by Crippen LogP contribution is -2.40. The molecule has 0 aliphatic carbocycles. The number of ether oxygens (including phenoxy) is 1. The second-order valence-corrected chi connectivity index (χ2v) is 5.21. The van der Waals surface area contributed by atoms with Crippen LogP contribution in [0.4, 0.5) is 10.5 Å². The van der Waals surface area contributed by atoms with E-state index in [1.807, 2.05) is 0 Å². The van der Waals surface area contributed by atoms with E-state index in [-0.39, 0.29) is 6.04 Å². The zero-order chi connectivity index (χ0) is 15.0. The molecule has 1 heterocycles. The van der Waals surface area contributed by atoms with E-state index in [1.165, 1.54) is 18.1 Å². The van der Waals surface area contributed by atoms with E-state index in [2.05, 4.69) is 0 Å². The van der Waals surface area contributed by atoms with Crippen molar-refractivity contribution in [3.63, 3.8) is 0 Å². The van der Waals surface area contributed by atoms with Crippen molar-refractivity contribution < 1.29 is 19.7 Å². The van der Waals surface area contributed by atoms with Crippen LogP contribution in [0.25, 0.3) is 0 Å². The Kier molecular flexibility index (Phi) is 4.08. The average Bonchev–Trinajstić information content (AvgIpc) is 2.60. The summed E-state index contributed by atoms with van der Waals surface area (Å²) in [6, 6.07) is 4.01. The van der Waals surface area contributed by atoms with Gasteiger partial charge in [-0.25, -0.2) is 4.79 Å². The van der Waals surface area contributed by atoms with Crippen molar-refractivity contribution in [1.29, 1.82) is 0 Å². The molecule has 0 radical (unpaired) electrons. The number of anilines is 1. The van der Waals surface area contributed by atoms with Crippen molar-refractivity contribution >= 4 is 23.3 Å². The number of carbonyl (C=O) groups is 1. The van der Waals surface area contributed by atoms with Gasteiger partial charge in [-0.05, 0) is 32.0 Å². The largest absolute Gasteiger partial charge is 0.495 e. The van der Waals surface area contributed by atoms with E-state index in [9.17, 15) is 15.0 Å². The molecule has 0 spiro atoms. The van der Waals surface area contributed by atoms with E-state index in [4.69, 9.17) is 16.3 Å². The van der Waals surface area contributed by atoms with Crippen molar-refractivity contribution in [2.24, 2.45) is 0 Å². The number of benzene rings is 1. The molecule has 1 aromatic rings. The summed E-state index contributed by atoms with van der Waals surface area (Å²) < 4.78 is 5.04. The highest BCUT2D eigenvalue weighted by Crippen LogP contribution is 2.33. The number of methoxy groups -OCH3 is 1. The van der Waals surface area contributed by atoms with Crippen molar-refractivity contribution in [3.8, 4) is 5.75 Å². The molecule has 0 bridgehead atoms. The average molecular weight is 301 g/mol. The maximum Gasteiger partial charge on any atom is 0.329 e. The molecule has 2 amide bonds. The number of aliphatic hydroxyl groups is 2. The van der Waals surface area contributed by atoms with Crippen LogP contribution < -0.4 is 9.64 Å². The summed E-state index contributed by atoms with van der Waals surface area (Å²) in [7, 11) is 1.49. The monoisotopic (exact) mass is 300 g/mol. The molecule has 0 unspecified atom stereocenters. The molecule has 1 fully saturated rings. The number of aliphatic hydroxyl groups excluding tert-OH is 2. The van der Waals surface area contributed by atoms with E-state index in [1.54, 1.807) is 26.0 Å². The van der Waals surface area contributed by atoms with Gasteiger partial charge < -0.3 is 14.9 Å². The van der Waals surface area contributed by atoms with E-state index >= 15 is 0 Å². The number of hydrogen-bond acceptors (Lipinski definition) is 4. The van der Waals surface area contributed by atoms with Crippen molar-refractivity contribution in [2.75, 3.05) is 12.0 Å². The lowest BCUT2D eigenvalue weighted by molar-refractivity contribution is -0.0377. The highest BCUT2D eigenvalue weighted by Gasteiger charge is 2.46. The van der Waals surface area contributed by atoms with Gasteiger partial charge in [0.25, 0.3) is 0 Å². The van der Waals surface area contributed by atoms with Crippen molar-refractivity contribution in [1.82, 2.24) is 4.90 Å². The molecule has 20 heavy (non-hydrogen) atoms. The molecule has 2 atom stereocenters. The fraction of sp³-hybridized carbons (Fsp3) is 0.462. The van der Waals surface area contributed by atoms with Gasteiger partial charge in [-0.2, -0.15) is 0 Å². The highest BCUT2D eigenvalue weighted by atomic mass is 35.5. The van der Waals surface area contributed by atoms with Gasteiger partial charge in [0.2, 0.25) is 0 Å². The molecular weight excluding hydrogens is 284 g/mol. The number of urea groups is 1. The van der Waals surface area contributed by atoms with Gasteiger partial charge >= 0.3 is 6.03 Å². The standard InChI is InChI=1S/C13H17ClN2O4/c1-7(2)15-11(17)12(18)16(13(15)19)8-4-5-10(20-3)9(14)6-8/h4-7,11-12,17-18H,1-3H3/t11-,12-/m0/s1. The van der Waals surface area contributed by atoms with E-state index in [0.29, 0.717) is 16.5 Å². The predicted molar refractivity (Wildman–Crippen MR) is 74.9 cm³/mol. The van der Waals surface area contributed by atoms with E-state index in [0.717, 1.165) is 4.90 Å². The third-order valence-electron chi connectivity index (χ3n) is 3.21. The molecule has 7 heteroatoms. The number of halogens is 1. The van der Waals surface area contributed by atoms with Gasteiger partial charge in [0.15, 0.2) is 12.5 Å². The number of nitrogens with zero attached hydrogens (tertiary/aromatic N) is 2. The fourth-order valence-electron chi connectivity index (χ4n) is 2.22. The number of amides is 2. The maximum absolute atomic E-state index is 12.3. The zero-order valence-corrected chi connectivity index (χ0v) is 12.2. The topological polar surface area (TPSA) is 73.2 Å². The van der Waals surface area contributed by atoms with Gasteiger partial charge in [-0.3, -0.25) is 9.80 Å². The molecule has 0 saturated carbocycles. The minimum Gasteiger partial charge on any atom is -0.495 e. The van der Waals surface area contributed by atoms with Crippen molar-refractivity contribution in [2.45, 2.75) is 32.3 Å². The first kappa shape index (κ1) is 14.9. The van der Waals surface area contributed by atoms with Crippen molar-refractivity contribution in [3.05, 3.63) is 23.2 Å². The normalized spacial score (nSPS) is 22.9. The third kappa shape index (κ3) is 2.30. The molecule has 110 valence electrons. The smallest absolute Gasteiger partial charge is 0.329 e. The molecular formula is C13H17ClN2O4. The first-order valence-electron chi connectivity index (χ1n) is 6.19.